The Labute approximate surface area is 91.1 Å². The van der Waals surface area contributed by atoms with Crippen LogP contribution >= 0.6 is 27.5 Å². The molecule has 0 bridgehead atoms. The van der Waals surface area contributed by atoms with Crippen molar-refractivity contribution in [3.8, 4) is 0 Å². The highest BCUT2D eigenvalue weighted by Crippen LogP contribution is 2.29. The van der Waals surface area contributed by atoms with Crippen LogP contribution in [0.25, 0.3) is 0 Å². The smallest absolute Gasteiger partial charge is 0.143 e. The molecular formula is C9H11BrClNO. The number of hydrogen-bond acceptors (Lipinski definition) is 2. The molecule has 1 N–H and O–H groups in total. The van der Waals surface area contributed by atoms with E-state index in [1.54, 1.807) is 19.9 Å². The van der Waals surface area contributed by atoms with Gasteiger partial charge in [-0.05, 0) is 42.8 Å². The van der Waals surface area contributed by atoms with Crippen LogP contribution in [0.4, 0.5) is 0 Å². The topological polar surface area (TPSA) is 33.1 Å². The predicted octanol–water partition coefficient (Wildman–Crippen LogP) is 3.03. The molecule has 0 fully saturated rings. The Morgan fingerprint density at radius 2 is 2.08 bits per heavy atom. The van der Waals surface area contributed by atoms with Gasteiger partial charge in [-0.2, -0.15) is 0 Å². The average molecular weight is 265 g/mol. The molecule has 1 rings (SSSR count). The van der Waals surface area contributed by atoms with E-state index in [0.29, 0.717) is 9.63 Å². The highest BCUT2D eigenvalue weighted by molar-refractivity contribution is 9.10. The molecule has 0 saturated heterocycles. The molecule has 0 amide bonds. The summed E-state index contributed by atoms with van der Waals surface area (Å²) in [5.41, 5.74) is 0.647. The van der Waals surface area contributed by atoms with Gasteiger partial charge in [-0.3, -0.25) is 0 Å². The van der Waals surface area contributed by atoms with E-state index in [1.165, 1.54) is 0 Å². The maximum Gasteiger partial charge on any atom is 0.143 e. The summed E-state index contributed by atoms with van der Waals surface area (Å²) >= 11 is 9.06. The highest BCUT2D eigenvalue weighted by atomic mass is 79.9. The van der Waals surface area contributed by atoms with Gasteiger partial charge in [-0.15, -0.1) is 0 Å². The van der Waals surface area contributed by atoms with Gasteiger partial charge in [0.05, 0.1) is 10.1 Å². The van der Waals surface area contributed by atoms with Crippen LogP contribution < -0.4 is 0 Å². The summed E-state index contributed by atoms with van der Waals surface area (Å²) in [6.45, 7) is 5.26. The maximum absolute atomic E-state index is 9.78. The fourth-order valence-electron chi connectivity index (χ4n) is 1.17. The standard InChI is InChI=1S/C9H11BrClNO/c1-5-6(9(2,3)13)4-7(10)8(11)12-5/h4,13H,1-3H3. The summed E-state index contributed by atoms with van der Waals surface area (Å²) in [5.74, 6) is 0. The number of aliphatic hydroxyl groups is 1. The molecule has 0 aliphatic rings. The number of hydrogen-bond donors (Lipinski definition) is 1. The maximum atomic E-state index is 9.78. The lowest BCUT2D eigenvalue weighted by Crippen LogP contribution is -2.17. The van der Waals surface area contributed by atoms with Crippen molar-refractivity contribution in [2.45, 2.75) is 26.4 Å². The fourth-order valence-corrected chi connectivity index (χ4v) is 1.67. The number of aryl methyl sites for hydroxylation is 1. The Kier molecular flexibility index (Phi) is 3.00. The van der Waals surface area contributed by atoms with E-state index in [2.05, 4.69) is 20.9 Å². The Morgan fingerprint density at radius 3 is 2.54 bits per heavy atom. The number of aromatic nitrogens is 1. The van der Waals surface area contributed by atoms with E-state index in [9.17, 15) is 5.11 Å². The first-order chi connectivity index (χ1) is 5.82. The van der Waals surface area contributed by atoms with Gasteiger partial charge in [0.1, 0.15) is 5.15 Å². The number of halogens is 2. The lowest BCUT2D eigenvalue weighted by atomic mass is 9.97. The summed E-state index contributed by atoms with van der Waals surface area (Å²) in [6.07, 6.45) is 0. The van der Waals surface area contributed by atoms with Crippen LogP contribution in [-0.2, 0) is 5.60 Å². The predicted molar refractivity (Wildman–Crippen MR) is 56.9 cm³/mol. The molecule has 0 atom stereocenters. The van der Waals surface area contributed by atoms with E-state index in [-0.39, 0.29) is 0 Å². The van der Waals surface area contributed by atoms with Crippen LogP contribution in [0.2, 0.25) is 5.15 Å². The lowest BCUT2D eigenvalue weighted by Gasteiger charge is -2.20. The van der Waals surface area contributed by atoms with Crippen molar-refractivity contribution in [1.29, 1.82) is 0 Å². The number of rotatable bonds is 1. The molecular weight excluding hydrogens is 253 g/mol. The van der Waals surface area contributed by atoms with Crippen LogP contribution in [0, 0.1) is 6.92 Å². The minimum Gasteiger partial charge on any atom is -0.386 e. The fraction of sp³-hybridized carbons (Fsp3) is 0.444. The first-order valence-corrected chi connectivity index (χ1v) is 5.05. The zero-order valence-electron chi connectivity index (χ0n) is 7.73. The van der Waals surface area contributed by atoms with Gasteiger partial charge in [-0.25, -0.2) is 4.98 Å². The van der Waals surface area contributed by atoms with Crippen molar-refractivity contribution in [1.82, 2.24) is 4.98 Å². The third-order valence-electron chi connectivity index (χ3n) is 1.78. The lowest BCUT2D eigenvalue weighted by molar-refractivity contribution is 0.0774. The van der Waals surface area contributed by atoms with E-state index in [1.807, 2.05) is 6.92 Å². The molecule has 1 aromatic heterocycles. The van der Waals surface area contributed by atoms with Crippen molar-refractivity contribution < 1.29 is 5.11 Å². The van der Waals surface area contributed by atoms with Crippen molar-refractivity contribution in [2.24, 2.45) is 0 Å². The molecule has 0 radical (unpaired) electrons. The third-order valence-corrected chi connectivity index (χ3v) is 2.90. The van der Waals surface area contributed by atoms with E-state index >= 15 is 0 Å². The molecule has 1 aromatic rings. The molecule has 0 aliphatic heterocycles. The quantitative estimate of drug-likeness (QED) is 0.791. The van der Waals surface area contributed by atoms with Crippen LogP contribution in [0.3, 0.4) is 0 Å². The van der Waals surface area contributed by atoms with Crippen molar-refractivity contribution >= 4 is 27.5 Å². The monoisotopic (exact) mass is 263 g/mol. The van der Waals surface area contributed by atoms with Gasteiger partial charge in [0.15, 0.2) is 0 Å². The Hall–Kier alpha value is -0.120. The van der Waals surface area contributed by atoms with Crippen LogP contribution in [0.5, 0.6) is 0 Å². The minimum atomic E-state index is -0.885. The van der Waals surface area contributed by atoms with E-state index < -0.39 is 5.60 Å². The molecule has 4 heteroatoms. The summed E-state index contributed by atoms with van der Waals surface area (Å²) in [6, 6.07) is 1.80. The SMILES string of the molecule is Cc1nc(Cl)c(Br)cc1C(C)(C)O. The van der Waals surface area contributed by atoms with Gasteiger partial charge in [-0.1, -0.05) is 11.6 Å². The molecule has 13 heavy (non-hydrogen) atoms. The van der Waals surface area contributed by atoms with E-state index in [0.717, 1.165) is 11.3 Å². The average Bonchev–Trinajstić information content (AvgIpc) is 1.94. The molecule has 0 aromatic carbocycles. The molecule has 1 heterocycles. The van der Waals surface area contributed by atoms with Crippen LogP contribution in [0.1, 0.15) is 25.1 Å². The second-order valence-corrected chi connectivity index (χ2v) is 4.67. The summed E-state index contributed by atoms with van der Waals surface area (Å²) in [4.78, 5) is 4.10. The van der Waals surface area contributed by atoms with E-state index in [4.69, 9.17) is 11.6 Å². The number of pyridine rings is 1. The summed E-state index contributed by atoms with van der Waals surface area (Å²) < 4.78 is 0.705. The first-order valence-electron chi connectivity index (χ1n) is 3.88. The van der Waals surface area contributed by atoms with Gasteiger partial charge >= 0.3 is 0 Å². The zero-order valence-corrected chi connectivity index (χ0v) is 10.1. The van der Waals surface area contributed by atoms with Crippen molar-refractivity contribution in [3.63, 3.8) is 0 Å². The second kappa shape index (κ2) is 3.56. The Balaban J connectivity index is 3.32. The van der Waals surface area contributed by atoms with Crippen molar-refractivity contribution in [2.75, 3.05) is 0 Å². The summed E-state index contributed by atoms with van der Waals surface area (Å²) in [7, 11) is 0. The molecule has 0 spiro atoms. The third kappa shape index (κ3) is 2.42. The molecule has 0 saturated carbocycles. The molecule has 72 valence electrons. The summed E-state index contributed by atoms with van der Waals surface area (Å²) in [5, 5.41) is 10.2. The molecule has 0 unspecified atom stereocenters. The van der Waals surface area contributed by atoms with Gasteiger partial charge in [0, 0.05) is 11.3 Å². The van der Waals surface area contributed by atoms with Crippen LogP contribution in [0.15, 0.2) is 10.5 Å². The zero-order chi connectivity index (χ0) is 10.2. The minimum absolute atomic E-state index is 0.422. The van der Waals surface area contributed by atoms with Gasteiger partial charge in [0.25, 0.3) is 0 Å². The van der Waals surface area contributed by atoms with Gasteiger partial charge in [0.2, 0.25) is 0 Å². The van der Waals surface area contributed by atoms with Gasteiger partial charge < -0.3 is 5.11 Å². The Morgan fingerprint density at radius 1 is 1.54 bits per heavy atom. The highest BCUT2D eigenvalue weighted by Gasteiger charge is 2.20. The van der Waals surface area contributed by atoms with Crippen LogP contribution in [-0.4, -0.2) is 10.1 Å². The number of nitrogens with zero attached hydrogens (tertiary/aromatic N) is 1. The first kappa shape index (κ1) is 11.0. The molecule has 0 aliphatic carbocycles. The normalized spacial score (nSPS) is 11.8. The Bertz CT molecular complexity index is 333. The molecule has 2 nitrogen and oxygen atoms in total. The van der Waals surface area contributed by atoms with Crippen molar-refractivity contribution in [3.05, 3.63) is 26.9 Å². The largest absolute Gasteiger partial charge is 0.386 e. The second-order valence-electron chi connectivity index (χ2n) is 3.45.